The monoisotopic (exact) mass is 411 g/mol. The van der Waals surface area contributed by atoms with Crippen molar-refractivity contribution in [3.05, 3.63) is 69.6 Å². The minimum Gasteiger partial charge on any atom is -0.496 e. The summed E-state index contributed by atoms with van der Waals surface area (Å²) < 4.78 is 6.08. The molecule has 0 saturated carbocycles. The predicted octanol–water partition coefficient (Wildman–Crippen LogP) is 5.19. The quantitative estimate of drug-likeness (QED) is 0.360. The normalized spacial score (nSPS) is 10.8. The second kappa shape index (κ2) is 7.37. The fourth-order valence-electron chi connectivity index (χ4n) is 2.63. The van der Waals surface area contributed by atoms with Crippen LogP contribution in [-0.2, 0) is 0 Å². The molecule has 7 nitrogen and oxygen atoms in total. The van der Waals surface area contributed by atoms with E-state index in [9.17, 15) is 14.9 Å². The molecule has 28 heavy (non-hydrogen) atoms. The number of thiazole rings is 1. The van der Waals surface area contributed by atoms with Gasteiger partial charge >= 0.3 is 0 Å². The Balaban J connectivity index is 1.59. The van der Waals surface area contributed by atoms with E-state index in [-0.39, 0.29) is 11.4 Å². The summed E-state index contributed by atoms with van der Waals surface area (Å²) in [5, 5.41) is 14.7. The molecule has 0 aliphatic carbocycles. The van der Waals surface area contributed by atoms with Gasteiger partial charge in [-0.25, -0.2) is 4.98 Å². The van der Waals surface area contributed by atoms with Gasteiger partial charge in [-0.2, -0.15) is 0 Å². The largest absolute Gasteiger partial charge is 0.496 e. The van der Waals surface area contributed by atoms with Gasteiger partial charge in [-0.15, -0.1) is 22.7 Å². The first-order valence-electron chi connectivity index (χ1n) is 8.15. The highest BCUT2D eigenvalue weighted by Gasteiger charge is 2.19. The summed E-state index contributed by atoms with van der Waals surface area (Å²) in [6.07, 6.45) is 0. The summed E-state index contributed by atoms with van der Waals surface area (Å²) in [6.45, 7) is 0. The molecule has 2 aromatic carbocycles. The topological polar surface area (TPSA) is 94.4 Å². The van der Waals surface area contributed by atoms with Crippen LogP contribution in [0.15, 0.2) is 54.6 Å². The number of thiophene rings is 1. The molecule has 4 aromatic rings. The Kier molecular flexibility index (Phi) is 4.76. The summed E-state index contributed by atoms with van der Waals surface area (Å²) in [6, 6.07) is 15.6. The lowest BCUT2D eigenvalue weighted by Crippen LogP contribution is -2.11. The van der Waals surface area contributed by atoms with Crippen molar-refractivity contribution in [3.8, 4) is 15.6 Å². The Hall–Kier alpha value is -3.30. The molecule has 0 aliphatic heterocycles. The number of hydrogen-bond donors (Lipinski definition) is 1. The highest BCUT2D eigenvalue weighted by molar-refractivity contribution is 7.26. The lowest BCUT2D eigenvalue weighted by Gasteiger charge is -2.06. The van der Waals surface area contributed by atoms with Crippen LogP contribution in [0.25, 0.3) is 20.1 Å². The highest BCUT2D eigenvalue weighted by Crippen LogP contribution is 2.35. The zero-order chi connectivity index (χ0) is 19.7. The van der Waals surface area contributed by atoms with Crippen molar-refractivity contribution in [3.63, 3.8) is 0 Å². The average molecular weight is 411 g/mol. The zero-order valence-electron chi connectivity index (χ0n) is 14.5. The van der Waals surface area contributed by atoms with E-state index in [0.29, 0.717) is 10.6 Å². The van der Waals surface area contributed by atoms with Crippen LogP contribution in [0.2, 0.25) is 0 Å². The number of fused-ring (bicyclic) bond motifs is 1. The number of carbonyl (C=O) groups is 1. The molecule has 2 heterocycles. The molecule has 0 aliphatic rings. The number of anilines is 1. The molecular weight excluding hydrogens is 398 g/mol. The van der Waals surface area contributed by atoms with Gasteiger partial charge in [0.1, 0.15) is 16.4 Å². The van der Waals surface area contributed by atoms with Gasteiger partial charge in [-0.1, -0.05) is 12.1 Å². The van der Waals surface area contributed by atoms with Gasteiger partial charge in [-0.05, 0) is 36.4 Å². The van der Waals surface area contributed by atoms with Crippen LogP contribution >= 0.6 is 22.7 Å². The first-order chi connectivity index (χ1) is 13.5. The molecule has 0 saturated heterocycles. The van der Waals surface area contributed by atoms with E-state index < -0.39 is 10.8 Å². The van der Waals surface area contributed by atoms with Crippen LogP contribution in [0, 0.1) is 10.1 Å². The van der Waals surface area contributed by atoms with E-state index >= 15 is 0 Å². The van der Waals surface area contributed by atoms with E-state index in [1.165, 1.54) is 30.6 Å². The number of para-hydroxylation sites is 1. The van der Waals surface area contributed by atoms with Crippen molar-refractivity contribution >= 4 is 50.2 Å². The Bertz CT molecular complexity index is 1170. The van der Waals surface area contributed by atoms with Crippen LogP contribution in [0.3, 0.4) is 0 Å². The molecule has 4 rings (SSSR count). The third kappa shape index (κ3) is 3.45. The standard InChI is InChI=1S/C19H13N3O4S2/c1-26-11-6-7-12(14(10-11)22(24)25)20-18(23)16-8-9-17(27-16)19-21-13-4-2-3-5-15(13)28-19/h2-10H,1H3,(H,20,23). The van der Waals surface area contributed by atoms with Crippen LogP contribution < -0.4 is 10.1 Å². The second-order valence-corrected chi connectivity index (χ2v) is 7.86. The molecule has 0 bridgehead atoms. The number of methoxy groups -OCH3 is 1. The van der Waals surface area contributed by atoms with Crippen molar-refractivity contribution in [2.75, 3.05) is 12.4 Å². The maximum absolute atomic E-state index is 12.6. The molecule has 2 aromatic heterocycles. The first-order valence-corrected chi connectivity index (χ1v) is 9.78. The summed E-state index contributed by atoms with van der Waals surface area (Å²) >= 11 is 2.85. The third-order valence-electron chi connectivity index (χ3n) is 3.98. The number of nitrogens with zero attached hydrogens (tertiary/aromatic N) is 2. The van der Waals surface area contributed by atoms with Crippen LogP contribution in [0.4, 0.5) is 11.4 Å². The molecule has 0 atom stereocenters. The van der Waals surface area contributed by atoms with Gasteiger partial charge in [0, 0.05) is 0 Å². The van der Waals surface area contributed by atoms with Crippen molar-refractivity contribution in [2.45, 2.75) is 0 Å². The molecule has 0 fully saturated rings. The Morgan fingerprint density at radius 2 is 1.96 bits per heavy atom. The van der Waals surface area contributed by atoms with Crippen molar-refractivity contribution in [2.24, 2.45) is 0 Å². The number of aromatic nitrogens is 1. The second-order valence-electron chi connectivity index (χ2n) is 5.74. The Morgan fingerprint density at radius 1 is 1.14 bits per heavy atom. The van der Waals surface area contributed by atoms with Crippen molar-refractivity contribution < 1.29 is 14.5 Å². The van der Waals surface area contributed by atoms with Gasteiger partial charge in [0.05, 0.1) is 38.1 Å². The molecule has 0 unspecified atom stereocenters. The summed E-state index contributed by atoms with van der Waals surface area (Å²) in [5.74, 6) is -0.0652. The SMILES string of the molecule is COc1ccc(NC(=O)c2ccc(-c3nc4ccccc4s3)s2)c([N+](=O)[O-])c1. The minimum atomic E-state index is -0.556. The Morgan fingerprint density at radius 3 is 2.71 bits per heavy atom. The molecule has 1 N–H and O–H groups in total. The van der Waals surface area contributed by atoms with E-state index in [4.69, 9.17) is 4.74 Å². The molecule has 9 heteroatoms. The van der Waals surface area contributed by atoms with Gasteiger partial charge in [0.2, 0.25) is 0 Å². The summed E-state index contributed by atoms with van der Waals surface area (Å²) in [7, 11) is 1.42. The maximum Gasteiger partial charge on any atom is 0.296 e. The number of nitro groups is 1. The van der Waals surface area contributed by atoms with Gasteiger partial charge in [-0.3, -0.25) is 14.9 Å². The van der Waals surface area contributed by atoms with Crippen LogP contribution in [0.1, 0.15) is 9.67 Å². The molecule has 0 spiro atoms. The number of rotatable bonds is 5. The zero-order valence-corrected chi connectivity index (χ0v) is 16.2. The van der Waals surface area contributed by atoms with E-state index in [1.54, 1.807) is 23.5 Å². The smallest absolute Gasteiger partial charge is 0.296 e. The van der Waals surface area contributed by atoms with E-state index in [1.807, 2.05) is 30.3 Å². The number of benzene rings is 2. The lowest BCUT2D eigenvalue weighted by molar-refractivity contribution is -0.384. The number of ether oxygens (including phenoxy) is 1. The van der Waals surface area contributed by atoms with E-state index in [0.717, 1.165) is 20.1 Å². The van der Waals surface area contributed by atoms with Gasteiger partial charge in [0.25, 0.3) is 11.6 Å². The van der Waals surface area contributed by atoms with E-state index in [2.05, 4.69) is 10.3 Å². The highest BCUT2D eigenvalue weighted by atomic mass is 32.1. The fourth-order valence-corrected chi connectivity index (χ4v) is 4.55. The number of carbonyl (C=O) groups excluding carboxylic acids is 1. The molecule has 0 radical (unpaired) electrons. The predicted molar refractivity (Wildman–Crippen MR) is 111 cm³/mol. The van der Waals surface area contributed by atoms with Crippen LogP contribution in [0.5, 0.6) is 5.75 Å². The fraction of sp³-hybridized carbons (Fsp3) is 0.0526. The lowest BCUT2D eigenvalue weighted by atomic mass is 10.2. The average Bonchev–Trinajstić information content (AvgIpc) is 3.35. The van der Waals surface area contributed by atoms with Gasteiger partial charge in [0.15, 0.2) is 0 Å². The van der Waals surface area contributed by atoms with Crippen LogP contribution in [-0.4, -0.2) is 22.9 Å². The minimum absolute atomic E-state index is 0.116. The number of amides is 1. The van der Waals surface area contributed by atoms with Crippen molar-refractivity contribution in [1.29, 1.82) is 0 Å². The molecule has 1 amide bonds. The molecular formula is C19H13N3O4S2. The van der Waals surface area contributed by atoms with Crippen molar-refractivity contribution in [1.82, 2.24) is 4.98 Å². The number of nitrogens with one attached hydrogen (secondary N) is 1. The maximum atomic E-state index is 12.6. The summed E-state index contributed by atoms with van der Waals surface area (Å²) in [5.41, 5.74) is 0.803. The number of hydrogen-bond acceptors (Lipinski definition) is 7. The number of nitro benzene ring substituents is 1. The third-order valence-corrected chi connectivity index (χ3v) is 6.27. The summed E-state index contributed by atoms with van der Waals surface area (Å²) in [4.78, 5) is 29.2. The Labute approximate surface area is 167 Å². The first kappa shape index (κ1) is 18.1. The molecule has 140 valence electrons. The van der Waals surface area contributed by atoms with Gasteiger partial charge < -0.3 is 10.1 Å².